The molecule has 0 aromatic heterocycles. The first-order valence-electron chi connectivity index (χ1n) is 12.9. The van der Waals surface area contributed by atoms with E-state index in [4.69, 9.17) is 4.74 Å². The van der Waals surface area contributed by atoms with Crippen LogP contribution in [0.2, 0.25) is 0 Å². The summed E-state index contributed by atoms with van der Waals surface area (Å²) in [5.41, 5.74) is -0.751. The molecule has 3 aromatic rings. The van der Waals surface area contributed by atoms with Crippen LogP contribution in [0.25, 0.3) is 11.1 Å². The normalized spacial score (nSPS) is 14.0. The number of hydrogen-bond acceptors (Lipinski definition) is 5. The van der Waals surface area contributed by atoms with E-state index in [0.717, 1.165) is 0 Å². The summed E-state index contributed by atoms with van der Waals surface area (Å²) in [6, 6.07) is 15.6. The quantitative estimate of drug-likeness (QED) is 0.225. The minimum Gasteiger partial charge on any atom is -0.507 e. The highest BCUT2D eigenvalue weighted by molar-refractivity contribution is 7.93. The molecule has 0 atom stereocenters. The van der Waals surface area contributed by atoms with Crippen LogP contribution in [0.1, 0.15) is 45.5 Å². The number of rotatable bonds is 11. The van der Waals surface area contributed by atoms with Gasteiger partial charge in [-0.15, -0.1) is 0 Å². The second-order valence-electron chi connectivity index (χ2n) is 9.77. The Hall–Kier alpha value is -3.85. The lowest BCUT2D eigenvalue weighted by Crippen LogP contribution is -2.32. The van der Waals surface area contributed by atoms with E-state index in [0.29, 0.717) is 40.7 Å². The molecule has 2 N–H and O–H groups in total. The average Bonchev–Trinajstić information content (AvgIpc) is 2.97. The van der Waals surface area contributed by atoms with E-state index in [1.165, 1.54) is 35.7 Å². The number of aryl methyl sites for hydroxylation is 1. The van der Waals surface area contributed by atoms with Gasteiger partial charge in [0, 0.05) is 18.7 Å². The molecule has 7 nitrogen and oxygen atoms in total. The number of halogens is 2. The van der Waals surface area contributed by atoms with E-state index >= 15 is 0 Å². The number of carboxylic acids is 1. The molecule has 1 aliphatic carbocycles. The van der Waals surface area contributed by atoms with Crippen molar-refractivity contribution in [3.8, 4) is 16.9 Å². The number of benzene rings is 3. The second-order valence-corrected chi connectivity index (χ2v) is 12.6. The number of phenols is 1. The minimum atomic E-state index is -4.07. The lowest BCUT2D eigenvalue weighted by molar-refractivity contribution is 0.0693. The molecular formula is C31H30F2NO6PS. The number of allylic oxidation sites excluding steroid dienone is 2. The van der Waals surface area contributed by atoms with Crippen molar-refractivity contribution >= 4 is 30.5 Å². The van der Waals surface area contributed by atoms with Crippen LogP contribution < -0.4 is 0 Å². The SMILES string of the molecule is C=PC(F)(F)c1ccc(CN(Cc2ccc(-c3ccc(O)c(C(=O)O)c3)cc2)S(=O)(=O)C2=CCCC=C2OC)cc1C. The lowest BCUT2D eigenvalue weighted by atomic mass is 10.0. The van der Waals surface area contributed by atoms with Gasteiger partial charge in [0.25, 0.3) is 0 Å². The Kier molecular flexibility index (Phi) is 9.30. The molecule has 0 aliphatic heterocycles. The number of aromatic hydroxyl groups is 1. The molecule has 1 aliphatic rings. The molecule has 0 spiro atoms. The minimum absolute atomic E-state index is 0.0264. The molecule has 3 aromatic carbocycles. The fourth-order valence-electron chi connectivity index (χ4n) is 4.75. The van der Waals surface area contributed by atoms with Crippen LogP contribution >= 0.6 is 8.20 Å². The Morgan fingerprint density at radius 1 is 1.00 bits per heavy atom. The number of hydrogen-bond donors (Lipinski definition) is 2. The Labute approximate surface area is 245 Å². The van der Waals surface area contributed by atoms with Crippen molar-refractivity contribution in [2.75, 3.05) is 7.11 Å². The fourth-order valence-corrected chi connectivity index (χ4v) is 6.84. The van der Waals surface area contributed by atoms with Crippen molar-refractivity contribution in [3.05, 3.63) is 111 Å². The second kappa shape index (κ2) is 12.6. The molecule has 220 valence electrons. The van der Waals surface area contributed by atoms with Gasteiger partial charge in [-0.25, -0.2) is 13.2 Å². The molecular weight excluding hydrogens is 583 g/mol. The zero-order chi connectivity index (χ0) is 30.7. The largest absolute Gasteiger partial charge is 0.507 e. The van der Waals surface area contributed by atoms with E-state index in [1.807, 2.05) is 0 Å². The summed E-state index contributed by atoms with van der Waals surface area (Å²) in [5.74, 6) is -1.35. The topological polar surface area (TPSA) is 104 Å². The van der Waals surface area contributed by atoms with E-state index in [1.54, 1.807) is 55.5 Å². The Morgan fingerprint density at radius 2 is 1.62 bits per heavy atom. The van der Waals surface area contributed by atoms with Crippen LogP contribution in [0.5, 0.6) is 5.75 Å². The van der Waals surface area contributed by atoms with Crippen molar-refractivity contribution in [2.45, 2.75) is 38.5 Å². The van der Waals surface area contributed by atoms with Crippen LogP contribution in [0.4, 0.5) is 8.78 Å². The van der Waals surface area contributed by atoms with Gasteiger partial charge in [0.1, 0.15) is 22.0 Å². The maximum atomic E-state index is 14.3. The predicted octanol–water partition coefficient (Wildman–Crippen LogP) is 7.03. The maximum absolute atomic E-state index is 14.3. The number of methoxy groups -OCH3 is 1. The van der Waals surface area contributed by atoms with Gasteiger partial charge in [-0.05, 0) is 74.0 Å². The van der Waals surface area contributed by atoms with Gasteiger partial charge in [-0.1, -0.05) is 60.9 Å². The van der Waals surface area contributed by atoms with Crippen LogP contribution in [-0.2, 0) is 33.5 Å². The number of carboxylic acid groups (broad SMARTS) is 1. The lowest BCUT2D eigenvalue weighted by Gasteiger charge is -2.26. The molecule has 0 fully saturated rings. The van der Waals surface area contributed by atoms with E-state index in [-0.39, 0.29) is 48.8 Å². The number of nitrogens with zero attached hydrogens (tertiary/aromatic N) is 1. The van der Waals surface area contributed by atoms with Gasteiger partial charge in [0.2, 0.25) is 10.0 Å². The zero-order valence-electron chi connectivity index (χ0n) is 23.0. The van der Waals surface area contributed by atoms with Crippen molar-refractivity contribution in [3.63, 3.8) is 0 Å². The first kappa shape index (κ1) is 31.1. The highest BCUT2D eigenvalue weighted by Gasteiger charge is 2.33. The van der Waals surface area contributed by atoms with E-state index in [2.05, 4.69) is 6.30 Å². The molecule has 0 bridgehead atoms. The molecule has 0 saturated heterocycles. The molecule has 0 saturated carbocycles. The molecule has 0 unspecified atom stereocenters. The number of aromatic carboxylic acids is 1. The summed E-state index contributed by atoms with van der Waals surface area (Å²) in [7, 11) is -2.99. The van der Waals surface area contributed by atoms with Crippen molar-refractivity contribution < 1.29 is 36.9 Å². The third-order valence-corrected chi connectivity index (χ3v) is 9.45. The summed E-state index contributed by atoms with van der Waals surface area (Å²) in [4.78, 5) is 11.5. The maximum Gasteiger partial charge on any atom is 0.339 e. The monoisotopic (exact) mass is 613 g/mol. The fraction of sp³-hybridized carbons (Fsp3) is 0.226. The molecule has 0 amide bonds. The van der Waals surface area contributed by atoms with Crippen molar-refractivity contribution in [1.82, 2.24) is 4.31 Å². The molecule has 42 heavy (non-hydrogen) atoms. The third kappa shape index (κ3) is 6.62. The first-order valence-corrected chi connectivity index (χ1v) is 15.5. The molecule has 11 heteroatoms. The van der Waals surface area contributed by atoms with E-state index in [9.17, 15) is 32.2 Å². The Balaban J connectivity index is 1.69. The van der Waals surface area contributed by atoms with Gasteiger partial charge in [0.15, 0.2) is 0 Å². The molecule has 4 rings (SSSR count). The zero-order valence-corrected chi connectivity index (χ0v) is 24.8. The van der Waals surface area contributed by atoms with Gasteiger partial charge < -0.3 is 14.9 Å². The summed E-state index contributed by atoms with van der Waals surface area (Å²) in [6.45, 7) is 1.46. The summed E-state index contributed by atoms with van der Waals surface area (Å²) < 4.78 is 63.2. The standard InChI is InChI=1S/C31H30F2NO6PS/c1-20-16-22(10-14-26(20)31(32,33)41-3)19-34(42(38,39)29-7-5-4-6-28(29)40-2)18-21-8-11-23(12-9-21)24-13-15-27(35)25(17-24)30(36)37/h6-17,35H,3-5,18-19H2,1-2H3,(H,36,37). The summed E-state index contributed by atoms with van der Waals surface area (Å²) >= 11 is 0. The number of ether oxygens (including phenoxy) is 1. The summed E-state index contributed by atoms with van der Waals surface area (Å²) in [5, 5.41) is 19.1. The van der Waals surface area contributed by atoms with Gasteiger partial charge in [-0.2, -0.15) is 13.1 Å². The highest BCUT2D eigenvalue weighted by atomic mass is 32.2. The predicted molar refractivity (Wildman–Crippen MR) is 160 cm³/mol. The van der Waals surface area contributed by atoms with Crippen LogP contribution in [0.3, 0.4) is 0 Å². The van der Waals surface area contributed by atoms with Gasteiger partial charge in [-0.3, -0.25) is 0 Å². The molecule has 0 heterocycles. The number of alkyl halides is 2. The van der Waals surface area contributed by atoms with Gasteiger partial charge in [0.05, 0.1) is 7.11 Å². The van der Waals surface area contributed by atoms with Crippen LogP contribution in [-0.4, -0.2) is 42.3 Å². The third-order valence-electron chi connectivity index (χ3n) is 6.95. The summed E-state index contributed by atoms with van der Waals surface area (Å²) in [6.07, 6.45) is 7.83. The highest BCUT2D eigenvalue weighted by Crippen LogP contribution is 2.40. The van der Waals surface area contributed by atoms with Crippen LogP contribution in [0.15, 0.2) is 83.5 Å². The average molecular weight is 614 g/mol. The van der Waals surface area contributed by atoms with E-state index < -0.39 is 21.7 Å². The van der Waals surface area contributed by atoms with Crippen LogP contribution in [0, 0.1) is 6.92 Å². The van der Waals surface area contributed by atoms with Crippen molar-refractivity contribution in [1.29, 1.82) is 0 Å². The Morgan fingerprint density at radius 3 is 2.24 bits per heavy atom. The smallest absolute Gasteiger partial charge is 0.339 e. The number of sulfonamides is 1. The first-order chi connectivity index (χ1) is 19.9. The van der Waals surface area contributed by atoms with Crippen molar-refractivity contribution in [2.24, 2.45) is 0 Å². The number of carbonyl (C=O) groups is 1. The van der Waals surface area contributed by atoms with Gasteiger partial charge >= 0.3 is 11.6 Å². The molecule has 0 radical (unpaired) electrons. The Bertz CT molecular complexity index is 1680.